The second-order valence-corrected chi connectivity index (χ2v) is 4.45. The minimum atomic E-state index is 0.0636. The third-order valence-electron chi connectivity index (χ3n) is 2.93. The molecule has 0 saturated carbocycles. The summed E-state index contributed by atoms with van der Waals surface area (Å²) < 4.78 is 0. The van der Waals surface area contributed by atoms with Crippen molar-refractivity contribution in [2.75, 3.05) is 25.5 Å². The minimum absolute atomic E-state index is 0.0636. The number of hydrogen-bond acceptors (Lipinski definition) is 3. The fourth-order valence-electron chi connectivity index (χ4n) is 1.67. The lowest BCUT2D eigenvalue weighted by Crippen LogP contribution is -2.20. The van der Waals surface area contributed by atoms with Gasteiger partial charge in [0.1, 0.15) is 0 Å². The SMILES string of the molecule is CCN(C)CCCC(=O)Nc1cccc(CN)c1. The Labute approximate surface area is 109 Å². The molecule has 0 bridgehead atoms. The van der Waals surface area contributed by atoms with Gasteiger partial charge in [0.05, 0.1) is 0 Å². The summed E-state index contributed by atoms with van der Waals surface area (Å²) in [6, 6.07) is 7.65. The van der Waals surface area contributed by atoms with Crippen LogP contribution in [0.2, 0.25) is 0 Å². The van der Waals surface area contributed by atoms with E-state index in [2.05, 4.69) is 24.2 Å². The molecule has 0 fully saturated rings. The second kappa shape index (κ2) is 7.84. The molecule has 18 heavy (non-hydrogen) atoms. The summed E-state index contributed by atoms with van der Waals surface area (Å²) in [4.78, 5) is 13.9. The molecule has 1 aromatic rings. The van der Waals surface area contributed by atoms with E-state index in [0.29, 0.717) is 13.0 Å². The molecular formula is C14H23N3O. The van der Waals surface area contributed by atoms with Crippen LogP contribution in [-0.2, 0) is 11.3 Å². The number of nitrogens with one attached hydrogen (secondary N) is 1. The summed E-state index contributed by atoms with van der Waals surface area (Å²) in [7, 11) is 2.06. The quantitative estimate of drug-likeness (QED) is 0.775. The second-order valence-electron chi connectivity index (χ2n) is 4.45. The van der Waals surface area contributed by atoms with Gasteiger partial charge in [-0.05, 0) is 44.3 Å². The Kier molecular flexibility index (Phi) is 6.39. The van der Waals surface area contributed by atoms with E-state index < -0.39 is 0 Å². The highest BCUT2D eigenvalue weighted by molar-refractivity contribution is 5.90. The van der Waals surface area contributed by atoms with E-state index in [0.717, 1.165) is 30.8 Å². The van der Waals surface area contributed by atoms with Gasteiger partial charge in [0.15, 0.2) is 0 Å². The molecule has 1 aromatic carbocycles. The highest BCUT2D eigenvalue weighted by atomic mass is 16.1. The molecule has 3 N–H and O–H groups in total. The van der Waals surface area contributed by atoms with Crippen molar-refractivity contribution in [2.24, 2.45) is 5.73 Å². The smallest absolute Gasteiger partial charge is 0.224 e. The van der Waals surface area contributed by atoms with E-state index >= 15 is 0 Å². The van der Waals surface area contributed by atoms with Gasteiger partial charge in [0.25, 0.3) is 0 Å². The van der Waals surface area contributed by atoms with Crippen LogP contribution in [0.1, 0.15) is 25.3 Å². The van der Waals surface area contributed by atoms with Crippen molar-refractivity contribution >= 4 is 11.6 Å². The first-order valence-corrected chi connectivity index (χ1v) is 6.43. The molecular weight excluding hydrogens is 226 g/mol. The largest absolute Gasteiger partial charge is 0.326 e. The van der Waals surface area contributed by atoms with Crippen LogP contribution in [0.15, 0.2) is 24.3 Å². The zero-order valence-corrected chi connectivity index (χ0v) is 11.3. The van der Waals surface area contributed by atoms with Crippen LogP contribution in [0.4, 0.5) is 5.69 Å². The molecule has 0 saturated heterocycles. The molecule has 1 rings (SSSR count). The van der Waals surface area contributed by atoms with Crippen molar-refractivity contribution in [1.82, 2.24) is 4.90 Å². The Bertz CT molecular complexity index is 379. The molecule has 0 atom stereocenters. The number of benzene rings is 1. The lowest BCUT2D eigenvalue weighted by atomic mass is 10.2. The summed E-state index contributed by atoms with van der Waals surface area (Å²) >= 11 is 0. The Morgan fingerprint density at radius 1 is 1.44 bits per heavy atom. The third kappa shape index (κ3) is 5.29. The fourth-order valence-corrected chi connectivity index (χ4v) is 1.67. The first kappa shape index (κ1) is 14.7. The maximum absolute atomic E-state index is 11.7. The molecule has 0 aliphatic carbocycles. The van der Waals surface area contributed by atoms with Crippen LogP contribution in [0.3, 0.4) is 0 Å². The first-order valence-electron chi connectivity index (χ1n) is 6.43. The van der Waals surface area contributed by atoms with Gasteiger partial charge in [-0.1, -0.05) is 19.1 Å². The van der Waals surface area contributed by atoms with E-state index in [-0.39, 0.29) is 5.91 Å². The lowest BCUT2D eigenvalue weighted by molar-refractivity contribution is -0.116. The lowest BCUT2D eigenvalue weighted by Gasteiger charge is -2.13. The molecule has 0 unspecified atom stereocenters. The molecule has 0 aliphatic heterocycles. The van der Waals surface area contributed by atoms with Crippen LogP contribution in [0, 0.1) is 0 Å². The summed E-state index contributed by atoms with van der Waals surface area (Å²) in [5, 5.41) is 2.90. The fraction of sp³-hybridized carbons (Fsp3) is 0.500. The summed E-state index contributed by atoms with van der Waals surface area (Å²) in [5.74, 6) is 0.0636. The molecule has 1 amide bonds. The van der Waals surface area contributed by atoms with Crippen LogP contribution < -0.4 is 11.1 Å². The number of anilines is 1. The van der Waals surface area contributed by atoms with Crippen molar-refractivity contribution in [3.8, 4) is 0 Å². The van der Waals surface area contributed by atoms with Crippen molar-refractivity contribution < 1.29 is 4.79 Å². The molecule has 0 aromatic heterocycles. The monoisotopic (exact) mass is 249 g/mol. The van der Waals surface area contributed by atoms with Crippen molar-refractivity contribution in [1.29, 1.82) is 0 Å². The normalized spacial score (nSPS) is 10.7. The van der Waals surface area contributed by atoms with Gasteiger partial charge >= 0.3 is 0 Å². The molecule has 0 aliphatic rings. The zero-order valence-electron chi connectivity index (χ0n) is 11.3. The van der Waals surface area contributed by atoms with Crippen molar-refractivity contribution in [2.45, 2.75) is 26.3 Å². The topological polar surface area (TPSA) is 58.4 Å². The summed E-state index contributed by atoms with van der Waals surface area (Å²) in [5.41, 5.74) is 7.41. The van der Waals surface area contributed by atoms with E-state index in [9.17, 15) is 4.79 Å². The van der Waals surface area contributed by atoms with Gasteiger partial charge in [-0.2, -0.15) is 0 Å². The Morgan fingerprint density at radius 2 is 2.22 bits per heavy atom. The molecule has 100 valence electrons. The number of amides is 1. The third-order valence-corrected chi connectivity index (χ3v) is 2.93. The average molecular weight is 249 g/mol. The van der Waals surface area contributed by atoms with Crippen molar-refractivity contribution in [3.05, 3.63) is 29.8 Å². The van der Waals surface area contributed by atoms with Gasteiger partial charge in [-0.3, -0.25) is 4.79 Å². The van der Waals surface area contributed by atoms with Crippen LogP contribution in [0.25, 0.3) is 0 Å². The van der Waals surface area contributed by atoms with Crippen LogP contribution in [-0.4, -0.2) is 30.9 Å². The predicted octanol–water partition coefficient (Wildman–Crippen LogP) is 1.82. The number of carbonyl (C=O) groups is 1. The standard InChI is InChI=1S/C14H23N3O/c1-3-17(2)9-5-8-14(18)16-13-7-4-6-12(10-13)11-15/h4,6-7,10H,3,5,8-9,11,15H2,1-2H3,(H,16,18). The maximum atomic E-state index is 11.7. The van der Waals surface area contributed by atoms with E-state index in [1.165, 1.54) is 0 Å². The van der Waals surface area contributed by atoms with Gasteiger partial charge in [0.2, 0.25) is 5.91 Å². The van der Waals surface area contributed by atoms with Gasteiger partial charge in [-0.25, -0.2) is 0 Å². The van der Waals surface area contributed by atoms with Crippen LogP contribution >= 0.6 is 0 Å². The van der Waals surface area contributed by atoms with E-state index in [1.807, 2.05) is 24.3 Å². The predicted molar refractivity (Wildman–Crippen MR) is 75.4 cm³/mol. The van der Waals surface area contributed by atoms with Crippen molar-refractivity contribution in [3.63, 3.8) is 0 Å². The zero-order chi connectivity index (χ0) is 13.4. The first-order chi connectivity index (χ1) is 8.65. The Morgan fingerprint density at radius 3 is 2.89 bits per heavy atom. The van der Waals surface area contributed by atoms with Crippen LogP contribution in [0.5, 0.6) is 0 Å². The highest BCUT2D eigenvalue weighted by Gasteiger charge is 2.03. The number of carbonyl (C=O) groups excluding carboxylic acids is 1. The molecule has 4 heteroatoms. The number of nitrogens with zero attached hydrogens (tertiary/aromatic N) is 1. The molecule has 0 radical (unpaired) electrons. The van der Waals surface area contributed by atoms with E-state index in [1.54, 1.807) is 0 Å². The van der Waals surface area contributed by atoms with Gasteiger partial charge in [0, 0.05) is 18.7 Å². The van der Waals surface area contributed by atoms with Gasteiger partial charge < -0.3 is 16.0 Å². The Hall–Kier alpha value is -1.39. The maximum Gasteiger partial charge on any atom is 0.224 e. The molecule has 0 heterocycles. The molecule has 4 nitrogen and oxygen atoms in total. The number of nitrogens with two attached hydrogens (primary N) is 1. The molecule has 0 spiro atoms. The average Bonchev–Trinajstić information content (AvgIpc) is 2.38. The van der Waals surface area contributed by atoms with Gasteiger partial charge in [-0.15, -0.1) is 0 Å². The summed E-state index contributed by atoms with van der Waals surface area (Å²) in [6.07, 6.45) is 1.43. The minimum Gasteiger partial charge on any atom is -0.326 e. The summed E-state index contributed by atoms with van der Waals surface area (Å²) in [6.45, 7) is 4.57. The highest BCUT2D eigenvalue weighted by Crippen LogP contribution is 2.10. The number of hydrogen-bond donors (Lipinski definition) is 2. The Balaban J connectivity index is 2.35. The number of rotatable bonds is 7. The van der Waals surface area contributed by atoms with E-state index in [4.69, 9.17) is 5.73 Å².